The Hall–Kier alpha value is -2.06. The molecular formula is C15H11ClO2. The van der Waals surface area contributed by atoms with Crippen molar-refractivity contribution in [1.82, 2.24) is 0 Å². The molecule has 2 aromatic rings. The largest absolute Gasteiger partial charge is 0.508 e. The molecule has 0 heterocycles. The van der Waals surface area contributed by atoms with Gasteiger partial charge in [-0.1, -0.05) is 41.9 Å². The third-order valence-electron chi connectivity index (χ3n) is 2.44. The number of ketones is 1. The molecule has 0 aromatic heterocycles. The van der Waals surface area contributed by atoms with Crippen LogP contribution in [0.4, 0.5) is 0 Å². The topological polar surface area (TPSA) is 37.3 Å². The summed E-state index contributed by atoms with van der Waals surface area (Å²) in [5, 5.41) is 9.73. The summed E-state index contributed by atoms with van der Waals surface area (Å²) < 4.78 is 0. The second-order valence-corrected chi connectivity index (χ2v) is 4.18. The number of phenolic OH excluding ortho intramolecular Hbond substituents is 1. The van der Waals surface area contributed by atoms with Crippen molar-refractivity contribution in [3.63, 3.8) is 0 Å². The summed E-state index contributed by atoms with van der Waals surface area (Å²) in [4.78, 5) is 11.9. The van der Waals surface area contributed by atoms with Crippen LogP contribution in [-0.4, -0.2) is 10.9 Å². The molecule has 1 N–H and O–H groups in total. The first-order valence-corrected chi connectivity index (χ1v) is 5.80. The monoisotopic (exact) mass is 258 g/mol. The third-order valence-corrected chi connectivity index (χ3v) is 2.77. The Labute approximate surface area is 110 Å². The lowest BCUT2D eigenvalue weighted by molar-refractivity contribution is 0.104. The zero-order valence-electron chi connectivity index (χ0n) is 9.51. The zero-order valence-corrected chi connectivity index (χ0v) is 10.3. The van der Waals surface area contributed by atoms with Gasteiger partial charge in [0.25, 0.3) is 0 Å². The highest BCUT2D eigenvalue weighted by Gasteiger charge is 2.05. The van der Waals surface area contributed by atoms with E-state index in [9.17, 15) is 9.90 Å². The second kappa shape index (κ2) is 5.52. The molecule has 0 radical (unpaired) electrons. The van der Waals surface area contributed by atoms with Crippen molar-refractivity contribution in [3.8, 4) is 5.75 Å². The minimum atomic E-state index is -0.163. The number of hydrogen-bond acceptors (Lipinski definition) is 2. The van der Waals surface area contributed by atoms with Gasteiger partial charge in [0.1, 0.15) is 5.75 Å². The van der Waals surface area contributed by atoms with Gasteiger partial charge in [-0.25, -0.2) is 0 Å². The molecule has 3 heteroatoms. The maximum absolute atomic E-state index is 11.9. The van der Waals surface area contributed by atoms with Gasteiger partial charge in [0.05, 0.1) is 5.02 Å². The zero-order chi connectivity index (χ0) is 13.0. The first-order valence-electron chi connectivity index (χ1n) is 5.43. The van der Waals surface area contributed by atoms with E-state index in [-0.39, 0.29) is 11.5 Å². The van der Waals surface area contributed by atoms with Crippen LogP contribution in [0, 0.1) is 0 Å². The molecule has 2 nitrogen and oxygen atoms in total. The fourth-order valence-corrected chi connectivity index (χ4v) is 1.78. The van der Waals surface area contributed by atoms with Gasteiger partial charge >= 0.3 is 0 Å². The highest BCUT2D eigenvalue weighted by molar-refractivity contribution is 6.34. The van der Waals surface area contributed by atoms with Crippen LogP contribution < -0.4 is 0 Å². The summed E-state index contributed by atoms with van der Waals surface area (Å²) in [5.74, 6) is 0.00582. The number of hydrogen-bond donors (Lipinski definition) is 1. The third kappa shape index (κ3) is 2.99. The minimum absolute atomic E-state index is 0.163. The van der Waals surface area contributed by atoms with Crippen molar-refractivity contribution >= 4 is 23.5 Å². The number of rotatable bonds is 3. The summed E-state index contributed by atoms with van der Waals surface area (Å²) in [5.41, 5.74) is 1.23. The SMILES string of the molecule is O=C(C=Cc1cccc(O)c1)c1ccccc1Cl. The van der Waals surface area contributed by atoms with Crippen molar-refractivity contribution < 1.29 is 9.90 Å². The molecule has 18 heavy (non-hydrogen) atoms. The predicted molar refractivity (Wildman–Crippen MR) is 72.9 cm³/mol. The van der Waals surface area contributed by atoms with Crippen LogP contribution in [0.25, 0.3) is 6.08 Å². The van der Waals surface area contributed by atoms with Gasteiger partial charge in [0.2, 0.25) is 0 Å². The first kappa shape index (κ1) is 12.4. The molecule has 0 aliphatic rings. The summed E-state index contributed by atoms with van der Waals surface area (Å²) in [6.45, 7) is 0. The Kier molecular flexibility index (Phi) is 3.80. The second-order valence-electron chi connectivity index (χ2n) is 3.77. The number of halogens is 1. The molecule has 0 aliphatic carbocycles. The number of phenols is 1. The summed E-state index contributed by atoms with van der Waals surface area (Å²) >= 11 is 5.93. The molecule has 0 unspecified atom stereocenters. The van der Waals surface area contributed by atoms with E-state index in [1.807, 2.05) is 0 Å². The van der Waals surface area contributed by atoms with Crippen LogP contribution in [0.15, 0.2) is 54.6 Å². The van der Waals surface area contributed by atoms with Crippen LogP contribution in [0.3, 0.4) is 0 Å². The van der Waals surface area contributed by atoms with Gasteiger partial charge in [-0.3, -0.25) is 4.79 Å². The number of carbonyl (C=O) groups is 1. The fraction of sp³-hybridized carbons (Fsp3) is 0. The van der Waals surface area contributed by atoms with Crippen LogP contribution in [0.2, 0.25) is 5.02 Å². The average Bonchev–Trinajstić information content (AvgIpc) is 2.37. The van der Waals surface area contributed by atoms with Crippen LogP contribution in [0.1, 0.15) is 15.9 Å². The lowest BCUT2D eigenvalue weighted by Crippen LogP contribution is -1.94. The lowest BCUT2D eigenvalue weighted by Gasteiger charge is -1.98. The Balaban J connectivity index is 2.20. The summed E-state index contributed by atoms with van der Waals surface area (Å²) in [6.07, 6.45) is 3.08. The van der Waals surface area contributed by atoms with E-state index in [0.717, 1.165) is 5.56 Å². The van der Waals surface area contributed by atoms with Crippen molar-refractivity contribution in [3.05, 3.63) is 70.8 Å². The van der Waals surface area contributed by atoms with Crippen LogP contribution in [0.5, 0.6) is 5.75 Å². The van der Waals surface area contributed by atoms with Crippen molar-refractivity contribution in [2.45, 2.75) is 0 Å². The molecule has 2 rings (SSSR count). The Morgan fingerprint density at radius 1 is 1.11 bits per heavy atom. The molecule has 2 aromatic carbocycles. The number of aromatic hydroxyl groups is 1. The van der Waals surface area contributed by atoms with Gasteiger partial charge in [0.15, 0.2) is 5.78 Å². The van der Waals surface area contributed by atoms with Crippen LogP contribution >= 0.6 is 11.6 Å². The smallest absolute Gasteiger partial charge is 0.187 e. The number of carbonyl (C=O) groups excluding carboxylic acids is 1. The van der Waals surface area contributed by atoms with Crippen molar-refractivity contribution in [2.75, 3.05) is 0 Å². The molecule has 0 aliphatic heterocycles. The fourth-order valence-electron chi connectivity index (χ4n) is 1.55. The predicted octanol–water partition coefficient (Wildman–Crippen LogP) is 3.94. The molecule has 0 fully saturated rings. The van der Waals surface area contributed by atoms with E-state index in [2.05, 4.69) is 0 Å². The highest BCUT2D eigenvalue weighted by Crippen LogP contribution is 2.17. The molecular weight excluding hydrogens is 248 g/mol. The quantitative estimate of drug-likeness (QED) is 0.669. The van der Waals surface area contributed by atoms with E-state index >= 15 is 0 Å². The minimum Gasteiger partial charge on any atom is -0.508 e. The first-order chi connectivity index (χ1) is 8.66. The van der Waals surface area contributed by atoms with Gasteiger partial charge in [0, 0.05) is 5.56 Å². The molecule has 90 valence electrons. The molecule has 0 amide bonds. The van der Waals surface area contributed by atoms with E-state index < -0.39 is 0 Å². The average molecular weight is 259 g/mol. The molecule has 0 atom stereocenters. The Bertz CT molecular complexity index is 603. The lowest BCUT2D eigenvalue weighted by atomic mass is 10.1. The Morgan fingerprint density at radius 2 is 1.89 bits per heavy atom. The maximum Gasteiger partial charge on any atom is 0.187 e. The van der Waals surface area contributed by atoms with Gasteiger partial charge in [-0.05, 0) is 35.9 Å². The highest BCUT2D eigenvalue weighted by atomic mass is 35.5. The van der Waals surface area contributed by atoms with Gasteiger partial charge < -0.3 is 5.11 Å². The summed E-state index contributed by atoms with van der Waals surface area (Å²) in [6, 6.07) is 13.6. The van der Waals surface area contributed by atoms with Crippen LogP contribution in [-0.2, 0) is 0 Å². The van der Waals surface area contributed by atoms with Gasteiger partial charge in [-0.2, -0.15) is 0 Å². The van der Waals surface area contributed by atoms with Crippen molar-refractivity contribution in [1.29, 1.82) is 0 Å². The van der Waals surface area contributed by atoms with E-state index in [0.29, 0.717) is 10.6 Å². The molecule has 0 spiro atoms. The number of benzene rings is 2. The summed E-state index contributed by atoms with van der Waals surface area (Å²) in [7, 11) is 0. The van der Waals surface area contributed by atoms with E-state index in [1.54, 1.807) is 54.6 Å². The maximum atomic E-state index is 11.9. The molecule has 0 bridgehead atoms. The number of allylic oxidation sites excluding steroid dienone is 1. The van der Waals surface area contributed by atoms with Crippen molar-refractivity contribution in [2.24, 2.45) is 0 Å². The van der Waals surface area contributed by atoms with E-state index in [4.69, 9.17) is 11.6 Å². The van der Waals surface area contributed by atoms with Gasteiger partial charge in [-0.15, -0.1) is 0 Å². The molecule has 0 saturated heterocycles. The standard InChI is InChI=1S/C15H11ClO2/c16-14-7-2-1-6-13(14)15(18)9-8-11-4-3-5-12(17)10-11/h1-10,17H. The normalized spacial score (nSPS) is 10.7. The molecule has 0 saturated carbocycles. The van der Waals surface area contributed by atoms with E-state index in [1.165, 1.54) is 6.08 Å². The Morgan fingerprint density at radius 3 is 2.61 bits per heavy atom.